The summed E-state index contributed by atoms with van der Waals surface area (Å²) >= 11 is 0. The first kappa shape index (κ1) is 16.2. The van der Waals surface area contributed by atoms with Crippen LogP contribution in [-0.4, -0.2) is 43.3 Å². The number of methoxy groups -OCH3 is 1. The SMILES string of the molecule is COCCC(=O)N(C)Cc1ccccc1C#CCCO. The van der Waals surface area contributed by atoms with Crippen LogP contribution in [0.2, 0.25) is 0 Å². The maximum Gasteiger partial charge on any atom is 0.224 e. The molecular weight excluding hydrogens is 254 g/mol. The summed E-state index contributed by atoms with van der Waals surface area (Å²) in [5.41, 5.74) is 1.90. The van der Waals surface area contributed by atoms with Gasteiger partial charge in [0.15, 0.2) is 0 Å². The van der Waals surface area contributed by atoms with Gasteiger partial charge in [-0.3, -0.25) is 4.79 Å². The van der Waals surface area contributed by atoms with Gasteiger partial charge < -0.3 is 14.7 Å². The van der Waals surface area contributed by atoms with Gasteiger partial charge in [0.2, 0.25) is 5.91 Å². The first-order chi connectivity index (χ1) is 9.69. The largest absolute Gasteiger partial charge is 0.395 e. The highest BCUT2D eigenvalue weighted by molar-refractivity contribution is 5.76. The first-order valence-electron chi connectivity index (χ1n) is 6.59. The average molecular weight is 275 g/mol. The molecule has 0 atom stereocenters. The van der Waals surface area contributed by atoms with Crippen molar-refractivity contribution in [2.24, 2.45) is 0 Å². The summed E-state index contributed by atoms with van der Waals surface area (Å²) in [7, 11) is 3.36. The van der Waals surface area contributed by atoms with Crippen LogP contribution in [-0.2, 0) is 16.1 Å². The Morgan fingerprint density at radius 2 is 2.15 bits per heavy atom. The number of hydrogen-bond donors (Lipinski definition) is 1. The molecule has 0 aliphatic carbocycles. The number of amides is 1. The van der Waals surface area contributed by atoms with Crippen LogP contribution in [0.25, 0.3) is 0 Å². The number of nitrogens with zero attached hydrogens (tertiary/aromatic N) is 1. The molecule has 4 heteroatoms. The molecule has 0 aliphatic rings. The molecule has 4 nitrogen and oxygen atoms in total. The predicted octanol–water partition coefficient (Wildman–Crippen LogP) is 1.42. The van der Waals surface area contributed by atoms with Gasteiger partial charge in [-0.2, -0.15) is 0 Å². The Balaban J connectivity index is 2.72. The second-order valence-electron chi connectivity index (χ2n) is 4.43. The minimum Gasteiger partial charge on any atom is -0.395 e. The summed E-state index contributed by atoms with van der Waals surface area (Å²) in [6, 6.07) is 7.73. The highest BCUT2D eigenvalue weighted by Crippen LogP contribution is 2.10. The molecule has 1 N–H and O–H groups in total. The minimum atomic E-state index is 0.0463. The van der Waals surface area contributed by atoms with Gasteiger partial charge in [-0.25, -0.2) is 0 Å². The van der Waals surface area contributed by atoms with Gasteiger partial charge in [-0.1, -0.05) is 30.0 Å². The van der Waals surface area contributed by atoms with Gasteiger partial charge in [0.05, 0.1) is 19.6 Å². The molecule has 0 saturated carbocycles. The Morgan fingerprint density at radius 1 is 1.40 bits per heavy atom. The maximum atomic E-state index is 11.9. The van der Waals surface area contributed by atoms with Crippen molar-refractivity contribution in [1.29, 1.82) is 0 Å². The van der Waals surface area contributed by atoms with Crippen molar-refractivity contribution in [3.63, 3.8) is 0 Å². The Morgan fingerprint density at radius 3 is 2.85 bits per heavy atom. The third-order valence-electron chi connectivity index (χ3n) is 2.83. The number of aliphatic hydroxyl groups is 1. The molecular formula is C16H21NO3. The van der Waals surface area contributed by atoms with Crippen molar-refractivity contribution in [3.8, 4) is 11.8 Å². The van der Waals surface area contributed by atoms with Crippen LogP contribution >= 0.6 is 0 Å². The van der Waals surface area contributed by atoms with Crippen LogP contribution < -0.4 is 0 Å². The third-order valence-corrected chi connectivity index (χ3v) is 2.83. The summed E-state index contributed by atoms with van der Waals surface area (Å²) in [5, 5.41) is 8.75. The summed E-state index contributed by atoms with van der Waals surface area (Å²) < 4.78 is 4.91. The van der Waals surface area contributed by atoms with Gasteiger partial charge in [0.25, 0.3) is 0 Å². The molecule has 0 spiro atoms. The Labute approximate surface area is 120 Å². The number of hydrogen-bond acceptors (Lipinski definition) is 3. The highest BCUT2D eigenvalue weighted by atomic mass is 16.5. The molecule has 1 aromatic carbocycles. The van der Waals surface area contributed by atoms with E-state index in [1.54, 1.807) is 19.1 Å². The summed E-state index contributed by atoms with van der Waals surface area (Å²) in [6.07, 6.45) is 0.836. The molecule has 0 saturated heterocycles. The quantitative estimate of drug-likeness (QED) is 0.799. The Kier molecular flexibility index (Phi) is 7.41. The molecule has 0 aromatic heterocycles. The molecule has 0 bridgehead atoms. The number of benzene rings is 1. The molecule has 1 aromatic rings. The van der Waals surface area contributed by atoms with E-state index < -0.39 is 0 Å². The van der Waals surface area contributed by atoms with Crippen LogP contribution in [0.1, 0.15) is 24.0 Å². The number of carbonyl (C=O) groups is 1. The predicted molar refractivity (Wildman–Crippen MR) is 78.0 cm³/mol. The van der Waals surface area contributed by atoms with E-state index in [4.69, 9.17) is 9.84 Å². The van der Waals surface area contributed by atoms with E-state index in [0.717, 1.165) is 11.1 Å². The second kappa shape index (κ2) is 9.13. The topological polar surface area (TPSA) is 49.8 Å². The molecule has 1 rings (SSSR count). The Hall–Kier alpha value is -1.83. The zero-order valence-corrected chi connectivity index (χ0v) is 12.1. The van der Waals surface area contributed by atoms with Crippen molar-refractivity contribution in [3.05, 3.63) is 35.4 Å². The lowest BCUT2D eigenvalue weighted by Gasteiger charge is -2.18. The van der Waals surface area contributed by atoms with Crippen molar-refractivity contribution in [1.82, 2.24) is 4.90 Å². The zero-order chi connectivity index (χ0) is 14.8. The summed E-state index contributed by atoms with van der Waals surface area (Å²) in [5.74, 6) is 5.98. The Bertz CT molecular complexity index is 488. The zero-order valence-electron chi connectivity index (χ0n) is 12.1. The smallest absolute Gasteiger partial charge is 0.224 e. The van der Waals surface area contributed by atoms with E-state index in [9.17, 15) is 4.79 Å². The fourth-order valence-electron chi connectivity index (χ4n) is 1.72. The van der Waals surface area contributed by atoms with Crippen LogP contribution in [0, 0.1) is 11.8 Å². The third kappa shape index (κ3) is 5.43. The maximum absolute atomic E-state index is 11.9. The van der Waals surface area contributed by atoms with Crippen molar-refractivity contribution >= 4 is 5.91 Å². The first-order valence-corrected chi connectivity index (χ1v) is 6.59. The van der Waals surface area contributed by atoms with Crippen molar-refractivity contribution in [2.75, 3.05) is 27.4 Å². The van der Waals surface area contributed by atoms with E-state index in [2.05, 4.69) is 11.8 Å². The lowest BCUT2D eigenvalue weighted by molar-refractivity contribution is -0.131. The normalized spacial score (nSPS) is 9.75. The molecule has 0 radical (unpaired) electrons. The number of ether oxygens (including phenoxy) is 1. The fourth-order valence-corrected chi connectivity index (χ4v) is 1.72. The average Bonchev–Trinajstić information content (AvgIpc) is 2.46. The lowest BCUT2D eigenvalue weighted by atomic mass is 10.1. The molecule has 108 valence electrons. The van der Waals surface area contributed by atoms with Crippen LogP contribution in [0.3, 0.4) is 0 Å². The van der Waals surface area contributed by atoms with Crippen LogP contribution in [0.15, 0.2) is 24.3 Å². The van der Waals surface area contributed by atoms with E-state index in [1.807, 2.05) is 24.3 Å². The van der Waals surface area contributed by atoms with E-state index in [-0.39, 0.29) is 12.5 Å². The number of rotatable bonds is 6. The van der Waals surface area contributed by atoms with E-state index in [0.29, 0.717) is 26.0 Å². The van der Waals surface area contributed by atoms with Crippen LogP contribution in [0.4, 0.5) is 0 Å². The highest BCUT2D eigenvalue weighted by Gasteiger charge is 2.10. The van der Waals surface area contributed by atoms with Crippen molar-refractivity contribution in [2.45, 2.75) is 19.4 Å². The van der Waals surface area contributed by atoms with Gasteiger partial charge >= 0.3 is 0 Å². The molecule has 20 heavy (non-hydrogen) atoms. The lowest BCUT2D eigenvalue weighted by Crippen LogP contribution is -2.27. The van der Waals surface area contributed by atoms with E-state index >= 15 is 0 Å². The summed E-state index contributed by atoms with van der Waals surface area (Å²) in [6.45, 7) is 1.01. The second-order valence-corrected chi connectivity index (χ2v) is 4.43. The van der Waals surface area contributed by atoms with Crippen molar-refractivity contribution < 1.29 is 14.6 Å². The fraction of sp³-hybridized carbons (Fsp3) is 0.438. The van der Waals surface area contributed by atoms with Crippen LogP contribution in [0.5, 0.6) is 0 Å². The molecule has 0 heterocycles. The minimum absolute atomic E-state index is 0.0463. The van der Waals surface area contributed by atoms with E-state index in [1.165, 1.54) is 0 Å². The number of carbonyl (C=O) groups excluding carboxylic acids is 1. The van der Waals surface area contributed by atoms with Gasteiger partial charge in [-0.05, 0) is 11.6 Å². The standard InChI is InChI=1S/C16H21NO3/c1-17(16(19)10-12-20-2)13-15-9-4-3-7-14(15)8-5-6-11-18/h3-4,7,9,18H,6,10-13H2,1-2H3. The van der Waals surface area contributed by atoms with Gasteiger partial charge in [-0.15, -0.1) is 0 Å². The molecule has 1 amide bonds. The summed E-state index contributed by atoms with van der Waals surface area (Å²) in [4.78, 5) is 13.5. The number of aliphatic hydroxyl groups excluding tert-OH is 1. The van der Waals surface area contributed by atoms with Gasteiger partial charge in [0.1, 0.15) is 0 Å². The molecule has 0 unspecified atom stereocenters. The molecule has 0 aliphatic heterocycles. The molecule has 0 fully saturated rings. The van der Waals surface area contributed by atoms with Gasteiger partial charge in [0, 0.05) is 32.7 Å². The monoisotopic (exact) mass is 275 g/mol.